The van der Waals surface area contributed by atoms with E-state index in [-0.39, 0.29) is 24.9 Å². The molecular formula is C13H23N3O5S. The number of nitrogens with zero attached hydrogens (tertiary/aromatic N) is 2. The van der Waals surface area contributed by atoms with Crippen molar-refractivity contribution < 1.29 is 22.7 Å². The Hall–Kier alpha value is -1.19. The van der Waals surface area contributed by atoms with Gasteiger partial charge in [-0.1, -0.05) is 13.8 Å². The lowest BCUT2D eigenvalue weighted by atomic mass is 9.99. The Morgan fingerprint density at radius 3 is 2.18 bits per heavy atom. The summed E-state index contributed by atoms with van der Waals surface area (Å²) in [6.45, 7) is 4.49. The number of rotatable bonds is 6. The number of nitrogens with one attached hydrogen (secondary N) is 1. The molecule has 8 nitrogen and oxygen atoms in total. The molecule has 0 spiro atoms. The third-order valence-electron chi connectivity index (χ3n) is 4.14. The number of esters is 1. The molecule has 2 fully saturated rings. The van der Waals surface area contributed by atoms with Crippen LogP contribution in [0.3, 0.4) is 0 Å². The topological polar surface area (TPSA) is 95.8 Å². The number of amides is 1. The molecule has 0 bridgehead atoms. The van der Waals surface area contributed by atoms with Crippen LogP contribution in [0.1, 0.15) is 13.8 Å². The molecular weight excluding hydrogens is 310 g/mol. The molecule has 2 rings (SSSR count). The SMILES string of the molecule is COC(=O)[C@@H](NC(=O)C1CN(S(=O)(=O)C2CN2C)C1)C(C)C. The first-order chi connectivity index (χ1) is 10.2. The fourth-order valence-electron chi connectivity index (χ4n) is 2.40. The number of ether oxygens (including phenoxy) is 1. The zero-order valence-corrected chi connectivity index (χ0v) is 14.1. The number of carbonyl (C=O) groups is 2. The number of hydrogen-bond donors (Lipinski definition) is 1. The molecule has 0 aromatic carbocycles. The van der Waals surface area contributed by atoms with Crippen molar-refractivity contribution in [2.45, 2.75) is 25.3 Å². The van der Waals surface area contributed by atoms with Crippen LogP contribution < -0.4 is 5.32 Å². The van der Waals surface area contributed by atoms with Crippen molar-refractivity contribution in [2.75, 3.05) is 33.8 Å². The number of sulfonamides is 1. The summed E-state index contributed by atoms with van der Waals surface area (Å²) in [6.07, 6.45) is 0. The first-order valence-corrected chi connectivity index (χ1v) is 8.76. The molecule has 0 radical (unpaired) electrons. The Kier molecular flexibility index (Phi) is 4.78. The quantitative estimate of drug-likeness (QED) is 0.486. The van der Waals surface area contributed by atoms with Crippen LogP contribution in [0, 0.1) is 11.8 Å². The van der Waals surface area contributed by atoms with Gasteiger partial charge in [0.25, 0.3) is 0 Å². The average molecular weight is 333 g/mol. The molecule has 2 heterocycles. The van der Waals surface area contributed by atoms with Gasteiger partial charge in [-0.3, -0.25) is 9.69 Å². The molecule has 0 saturated carbocycles. The molecule has 1 amide bonds. The fraction of sp³-hybridized carbons (Fsp3) is 0.846. The van der Waals surface area contributed by atoms with Crippen LogP contribution in [-0.4, -0.2) is 74.7 Å². The normalized spacial score (nSPS) is 27.1. The van der Waals surface area contributed by atoms with Crippen molar-refractivity contribution in [3.8, 4) is 0 Å². The highest BCUT2D eigenvalue weighted by Crippen LogP contribution is 2.29. The van der Waals surface area contributed by atoms with Gasteiger partial charge < -0.3 is 10.1 Å². The number of methoxy groups -OCH3 is 1. The Morgan fingerprint density at radius 1 is 1.23 bits per heavy atom. The molecule has 9 heteroatoms. The molecule has 2 saturated heterocycles. The van der Waals surface area contributed by atoms with Crippen LogP contribution in [0.25, 0.3) is 0 Å². The number of hydrogen-bond acceptors (Lipinski definition) is 6. The molecule has 22 heavy (non-hydrogen) atoms. The first kappa shape index (κ1) is 17.2. The van der Waals surface area contributed by atoms with E-state index in [1.54, 1.807) is 11.9 Å². The summed E-state index contributed by atoms with van der Waals surface area (Å²) < 4.78 is 30.2. The maximum atomic E-state index is 12.1. The highest BCUT2D eigenvalue weighted by Gasteiger charge is 2.50. The third-order valence-corrected chi connectivity index (χ3v) is 6.36. The van der Waals surface area contributed by atoms with E-state index < -0.39 is 33.3 Å². The van der Waals surface area contributed by atoms with Crippen LogP contribution in [0.4, 0.5) is 0 Å². The summed E-state index contributed by atoms with van der Waals surface area (Å²) in [5, 5.41) is 2.20. The predicted octanol–water partition coefficient (Wildman–Crippen LogP) is -1.17. The van der Waals surface area contributed by atoms with Gasteiger partial charge in [-0.25, -0.2) is 13.2 Å². The monoisotopic (exact) mass is 333 g/mol. The molecule has 0 aliphatic carbocycles. The Balaban J connectivity index is 1.87. The van der Waals surface area contributed by atoms with Gasteiger partial charge in [-0.2, -0.15) is 4.31 Å². The molecule has 126 valence electrons. The molecule has 3 atom stereocenters. The minimum atomic E-state index is -3.32. The van der Waals surface area contributed by atoms with Crippen molar-refractivity contribution in [3.63, 3.8) is 0 Å². The summed E-state index contributed by atoms with van der Waals surface area (Å²) in [6, 6.07) is -0.710. The summed E-state index contributed by atoms with van der Waals surface area (Å²) in [5.74, 6) is -1.31. The Labute approximate surface area is 130 Å². The second kappa shape index (κ2) is 6.13. The van der Waals surface area contributed by atoms with Crippen LogP contribution in [0.2, 0.25) is 0 Å². The molecule has 1 N–H and O–H groups in total. The van der Waals surface area contributed by atoms with E-state index in [0.29, 0.717) is 6.54 Å². The van der Waals surface area contributed by atoms with Gasteiger partial charge in [-0.05, 0) is 13.0 Å². The zero-order valence-electron chi connectivity index (χ0n) is 13.3. The molecule has 2 unspecified atom stereocenters. The Bertz CT molecular complexity index is 556. The largest absolute Gasteiger partial charge is 0.467 e. The van der Waals surface area contributed by atoms with Crippen molar-refractivity contribution in [3.05, 3.63) is 0 Å². The van der Waals surface area contributed by atoms with Crippen molar-refractivity contribution in [2.24, 2.45) is 11.8 Å². The van der Waals surface area contributed by atoms with E-state index >= 15 is 0 Å². The minimum absolute atomic E-state index is 0.101. The van der Waals surface area contributed by atoms with Crippen LogP contribution in [-0.2, 0) is 24.3 Å². The second-order valence-electron chi connectivity index (χ2n) is 6.21. The molecule has 2 aliphatic heterocycles. The highest BCUT2D eigenvalue weighted by molar-refractivity contribution is 7.90. The smallest absolute Gasteiger partial charge is 0.328 e. The third kappa shape index (κ3) is 3.26. The van der Waals surface area contributed by atoms with Crippen molar-refractivity contribution >= 4 is 21.9 Å². The Morgan fingerprint density at radius 2 is 1.77 bits per heavy atom. The summed E-state index contributed by atoms with van der Waals surface area (Å²) >= 11 is 0. The van der Waals surface area contributed by atoms with Gasteiger partial charge in [0.15, 0.2) is 0 Å². The number of likely N-dealkylation sites (N-methyl/N-ethyl adjacent to an activating group) is 1. The van der Waals surface area contributed by atoms with Gasteiger partial charge >= 0.3 is 5.97 Å². The highest BCUT2D eigenvalue weighted by atomic mass is 32.2. The molecule has 0 aromatic rings. The van der Waals surface area contributed by atoms with Gasteiger partial charge in [-0.15, -0.1) is 0 Å². The average Bonchev–Trinajstić information content (AvgIpc) is 3.10. The van der Waals surface area contributed by atoms with Gasteiger partial charge in [0, 0.05) is 19.6 Å². The van der Waals surface area contributed by atoms with E-state index in [0.717, 1.165) is 0 Å². The van der Waals surface area contributed by atoms with Crippen LogP contribution >= 0.6 is 0 Å². The molecule has 2 aliphatic rings. The van der Waals surface area contributed by atoms with E-state index in [1.807, 2.05) is 13.8 Å². The van der Waals surface area contributed by atoms with Gasteiger partial charge in [0.05, 0.1) is 13.0 Å². The van der Waals surface area contributed by atoms with Crippen LogP contribution in [0.5, 0.6) is 0 Å². The molecule has 0 aromatic heterocycles. The van der Waals surface area contributed by atoms with E-state index in [2.05, 4.69) is 10.1 Å². The maximum Gasteiger partial charge on any atom is 0.328 e. The summed E-state index contributed by atoms with van der Waals surface area (Å²) in [4.78, 5) is 25.5. The lowest BCUT2D eigenvalue weighted by Gasteiger charge is -2.37. The summed E-state index contributed by atoms with van der Waals surface area (Å²) in [7, 11) is -0.306. The van der Waals surface area contributed by atoms with Gasteiger partial charge in [0.2, 0.25) is 15.9 Å². The predicted molar refractivity (Wildman–Crippen MR) is 79.2 cm³/mol. The van der Waals surface area contributed by atoms with Crippen molar-refractivity contribution in [1.29, 1.82) is 0 Å². The standard InChI is InChI=1S/C13H23N3O5S/c1-8(2)11(13(18)21-4)14-12(17)9-5-16(6-9)22(19,20)10-7-15(10)3/h8-11H,5-7H2,1-4H3,(H,14,17)/t10?,11-,15?/m0/s1. The lowest BCUT2D eigenvalue weighted by molar-refractivity contribution is -0.147. The van der Waals surface area contributed by atoms with Gasteiger partial charge in [0.1, 0.15) is 11.4 Å². The van der Waals surface area contributed by atoms with Crippen molar-refractivity contribution in [1.82, 2.24) is 14.5 Å². The summed E-state index contributed by atoms with van der Waals surface area (Å²) in [5.41, 5.74) is 0. The van der Waals surface area contributed by atoms with E-state index in [1.165, 1.54) is 11.4 Å². The minimum Gasteiger partial charge on any atom is -0.467 e. The maximum absolute atomic E-state index is 12.1. The lowest BCUT2D eigenvalue weighted by Crippen LogP contribution is -2.59. The fourth-order valence-corrected chi connectivity index (χ4v) is 4.40. The van der Waals surface area contributed by atoms with E-state index in [9.17, 15) is 18.0 Å². The van der Waals surface area contributed by atoms with Crippen LogP contribution in [0.15, 0.2) is 0 Å². The number of carbonyl (C=O) groups excluding carboxylic acids is 2. The second-order valence-corrected chi connectivity index (χ2v) is 8.30. The first-order valence-electron chi connectivity index (χ1n) is 7.26. The zero-order chi connectivity index (χ0) is 16.7. The van der Waals surface area contributed by atoms with E-state index in [4.69, 9.17) is 0 Å².